The molecule has 0 saturated heterocycles. The van der Waals surface area contributed by atoms with E-state index >= 15 is 0 Å². The summed E-state index contributed by atoms with van der Waals surface area (Å²) in [4.78, 5) is 17.3. The second-order valence-corrected chi connectivity index (χ2v) is 12.0. The molecule has 9 nitrogen and oxygen atoms in total. The lowest BCUT2D eigenvalue weighted by Crippen LogP contribution is -2.68. The van der Waals surface area contributed by atoms with Crippen molar-refractivity contribution in [3.05, 3.63) is 81.1 Å². The predicted molar refractivity (Wildman–Crippen MR) is 146 cm³/mol. The summed E-state index contributed by atoms with van der Waals surface area (Å²) in [6.45, 7) is 4.12. The van der Waals surface area contributed by atoms with E-state index in [1.807, 2.05) is 18.2 Å². The Morgan fingerprint density at radius 1 is 1.00 bits per heavy atom. The zero-order valence-corrected chi connectivity index (χ0v) is 23.6. The first-order valence-electron chi connectivity index (χ1n) is 14.2. The van der Waals surface area contributed by atoms with Crippen LogP contribution in [0, 0.1) is 10.2 Å². The highest BCUT2D eigenvalue weighted by molar-refractivity contribution is 6.06. The second-order valence-electron chi connectivity index (χ2n) is 11.3. The number of allylic oxidation sites excluding steroid dienone is 2. The summed E-state index contributed by atoms with van der Waals surface area (Å²) in [5, 5.41) is 12.4. The van der Waals surface area contributed by atoms with Crippen LogP contribution in [-0.4, -0.2) is 42.2 Å². The van der Waals surface area contributed by atoms with Crippen LogP contribution in [0.3, 0.4) is 0 Å². The van der Waals surface area contributed by atoms with Gasteiger partial charge in [0.05, 0.1) is 33.5 Å². The number of fused-ring (bicyclic) bond motifs is 3. The van der Waals surface area contributed by atoms with Gasteiger partial charge in [-0.1, -0.05) is 30.4 Å². The monoisotopic (exact) mass is 588 g/mol. The molecule has 42 heavy (non-hydrogen) atoms. The van der Waals surface area contributed by atoms with Crippen molar-refractivity contribution in [2.75, 3.05) is 31.1 Å². The molecule has 5 aliphatic rings. The summed E-state index contributed by atoms with van der Waals surface area (Å²) in [6.07, 6.45) is 13.1. The molecule has 0 atom stereocenters. The number of anilines is 1. The largest absolute Gasteiger partial charge is 0.478 e. The number of nitrogens with zero attached hydrogens (tertiary/aromatic N) is 2. The summed E-state index contributed by atoms with van der Waals surface area (Å²) in [7, 11) is -4.94. The van der Waals surface area contributed by atoms with Crippen molar-refractivity contribution in [3.8, 4) is 11.1 Å². The molecular formula is C32H29ClN2O7. The Kier molecular flexibility index (Phi) is 6.60. The Balaban J connectivity index is 0.000000534. The number of halogens is 1. The normalized spacial score (nSPS) is 18.5. The molecule has 1 aromatic heterocycles. The fourth-order valence-corrected chi connectivity index (χ4v) is 7.39. The topological polar surface area (TPSA) is 147 Å². The highest BCUT2D eigenvalue weighted by Crippen LogP contribution is 2.41. The molecule has 10 heteroatoms. The molecule has 8 rings (SSSR count). The number of hydrogen-bond donors (Lipinski definition) is 1. The molecule has 0 fully saturated rings. The lowest BCUT2D eigenvalue weighted by Gasteiger charge is -2.36. The third-order valence-electron chi connectivity index (χ3n) is 8.83. The van der Waals surface area contributed by atoms with Crippen LogP contribution in [-0.2, 0) is 12.8 Å². The maximum Gasteiger partial charge on any atom is 0.366 e. The molecule has 0 amide bonds. The zero-order valence-electron chi connectivity index (χ0n) is 22.9. The molecular weight excluding hydrogens is 560 g/mol. The van der Waals surface area contributed by atoms with E-state index < -0.39 is 16.2 Å². The lowest BCUT2D eigenvalue weighted by molar-refractivity contribution is -2.00. The smallest absolute Gasteiger partial charge is 0.366 e. The molecule has 0 spiro atoms. The third-order valence-corrected chi connectivity index (χ3v) is 8.83. The van der Waals surface area contributed by atoms with Gasteiger partial charge in [-0.2, -0.15) is 0 Å². The van der Waals surface area contributed by atoms with Gasteiger partial charge in [0.1, 0.15) is 5.57 Å². The number of rotatable bonds is 2. The quantitative estimate of drug-likeness (QED) is 0.405. The molecule has 1 aliphatic carbocycles. The van der Waals surface area contributed by atoms with Gasteiger partial charge in [-0.05, 0) is 61.4 Å². The molecule has 0 bridgehead atoms. The molecule has 5 heterocycles. The maximum atomic E-state index is 12.3. The van der Waals surface area contributed by atoms with E-state index in [0.717, 1.165) is 85.8 Å². The van der Waals surface area contributed by atoms with Gasteiger partial charge < -0.3 is 14.9 Å². The van der Waals surface area contributed by atoms with Gasteiger partial charge in [-0.25, -0.2) is 27.8 Å². The minimum Gasteiger partial charge on any atom is -0.478 e. The highest BCUT2D eigenvalue weighted by Gasteiger charge is 2.37. The zero-order chi connectivity index (χ0) is 29.2. The van der Waals surface area contributed by atoms with Crippen molar-refractivity contribution in [1.29, 1.82) is 0 Å². The Labute approximate surface area is 244 Å². The summed E-state index contributed by atoms with van der Waals surface area (Å²) in [6, 6.07) is 9.79. The van der Waals surface area contributed by atoms with Gasteiger partial charge in [-0.3, -0.25) is 0 Å². The molecule has 0 radical (unpaired) electrons. The molecule has 4 aliphatic heterocycles. The van der Waals surface area contributed by atoms with E-state index in [-0.39, 0.29) is 0 Å². The van der Waals surface area contributed by atoms with E-state index in [9.17, 15) is 9.90 Å². The van der Waals surface area contributed by atoms with Crippen LogP contribution < -0.4 is 34.2 Å². The van der Waals surface area contributed by atoms with E-state index in [1.54, 1.807) is 6.07 Å². The molecule has 0 saturated carbocycles. The van der Waals surface area contributed by atoms with Gasteiger partial charge in [-0.15, -0.1) is 10.2 Å². The van der Waals surface area contributed by atoms with Gasteiger partial charge >= 0.3 is 17.0 Å². The van der Waals surface area contributed by atoms with E-state index in [0.29, 0.717) is 5.56 Å². The van der Waals surface area contributed by atoms with Crippen LogP contribution in [0.1, 0.15) is 47.2 Å². The minimum atomic E-state index is -4.94. The average molecular weight is 589 g/mol. The molecule has 1 N–H and O–H groups in total. The van der Waals surface area contributed by atoms with Crippen LogP contribution in [0.2, 0.25) is 0 Å². The van der Waals surface area contributed by atoms with Crippen molar-refractivity contribution >= 4 is 34.3 Å². The fraction of sp³-hybridized carbons (Fsp3) is 0.312. The Morgan fingerprint density at radius 2 is 1.76 bits per heavy atom. The molecule has 3 aromatic rings. The minimum absolute atomic E-state index is 0.344. The van der Waals surface area contributed by atoms with Crippen molar-refractivity contribution in [2.24, 2.45) is 0 Å². The molecule has 216 valence electrons. The van der Waals surface area contributed by atoms with Crippen LogP contribution in [0.5, 0.6) is 0 Å². The Hall–Kier alpha value is -3.73. The summed E-state index contributed by atoms with van der Waals surface area (Å²) >= 11 is 0. The first-order chi connectivity index (χ1) is 20.2. The molecule has 0 unspecified atom stereocenters. The number of carbonyl (C=O) groups is 1. The van der Waals surface area contributed by atoms with Crippen molar-refractivity contribution in [1.82, 2.24) is 4.90 Å². The first kappa shape index (κ1) is 27.1. The van der Waals surface area contributed by atoms with Crippen molar-refractivity contribution in [3.63, 3.8) is 0 Å². The number of hydrogen-bond acceptors (Lipinski definition) is 7. The summed E-state index contributed by atoms with van der Waals surface area (Å²) < 4.78 is 41.0. The number of carboxylic acids is 1. The Bertz CT molecular complexity index is 1830. The van der Waals surface area contributed by atoms with Crippen molar-refractivity contribution < 1.29 is 43.2 Å². The Morgan fingerprint density at radius 3 is 2.57 bits per heavy atom. The van der Waals surface area contributed by atoms with E-state index in [2.05, 4.69) is 34.1 Å². The lowest BCUT2D eigenvalue weighted by atomic mass is 9.83. The van der Waals surface area contributed by atoms with Crippen LogP contribution in [0.25, 0.3) is 33.7 Å². The summed E-state index contributed by atoms with van der Waals surface area (Å²) in [5.41, 5.74) is 12.0. The van der Waals surface area contributed by atoms with E-state index in [1.165, 1.54) is 45.3 Å². The number of aryl methyl sites for hydroxylation is 1. The van der Waals surface area contributed by atoms with Gasteiger partial charge in [0.2, 0.25) is 0 Å². The average Bonchev–Trinajstić information content (AvgIpc) is 2.96. The first-order valence-corrected chi connectivity index (χ1v) is 15.4. The SMILES string of the molecule is O=C(O)c1ccccc1-c1c2c3c(c4[o+]c5c(cc14)CC1=C4C=5C=CCN4CCC1)CCCN3CCC=2.[O-][Cl+3]([O-])([O-])[O-]. The van der Waals surface area contributed by atoms with Gasteiger partial charge in [0.15, 0.2) is 0 Å². The maximum absolute atomic E-state index is 12.3. The molecule has 2 aromatic carbocycles. The van der Waals surface area contributed by atoms with Crippen LogP contribution in [0.15, 0.2) is 58.2 Å². The summed E-state index contributed by atoms with van der Waals surface area (Å²) in [5.74, 6) is -0.892. The standard InChI is InChI=1S/C32H28N2O3.ClHO4/c35-32(36)22-9-2-1-8-21(22)27-23-10-4-15-34-16-6-12-25(29(23)34)31-26(27)18-20-17-19-7-3-13-33-14-5-11-24(28(19)33)30(20)37-31;2-1(3,4)5/h1-2,5,8-11,18H,3-4,6-7,12-17H2;(H,2,3,4,5). The number of carboxylic acid groups (broad SMARTS) is 1. The van der Waals surface area contributed by atoms with Crippen molar-refractivity contribution in [2.45, 2.75) is 38.5 Å². The second kappa shape index (κ2) is 10.2. The van der Waals surface area contributed by atoms with Crippen LogP contribution >= 0.6 is 0 Å². The predicted octanol–water partition coefficient (Wildman–Crippen LogP) is -0.114. The van der Waals surface area contributed by atoms with Gasteiger partial charge in [0.25, 0.3) is 0 Å². The van der Waals surface area contributed by atoms with Crippen LogP contribution in [0.4, 0.5) is 5.69 Å². The number of aromatic carboxylic acids is 1. The van der Waals surface area contributed by atoms with E-state index in [4.69, 9.17) is 23.1 Å². The number of benzene rings is 2. The third kappa shape index (κ3) is 4.58. The fourth-order valence-electron chi connectivity index (χ4n) is 7.39. The van der Waals surface area contributed by atoms with Gasteiger partial charge in [0, 0.05) is 43.4 Å². The highest BCUT2D eigenvalue weighted by atomic mass is 35.7.